The number of benzene rings is 3. The quantitative estimate of drug-likeness (QED) is 0.434. The minimum atomic E-state index is -0.486. The number of anilines is 3. The van der Waals surface area contributed by atoms with Crippen LogP contribution in [0.15, 0.2) is 78.9 Å². The second-order valence-electron chi connectivity index (χ2n) is 7.55. The molecule has 0 unspecified atom stereocenters. The maximum absolute atomic E-state index is 13.8. The van der Waals surface area contributed by atoms with Crippen LogP contribution in [0, 0.1) is 5.92 Å². The molecular formula is C25H21N3O3S. The molecular weight excluding hydrogens is 422 g/mol. The van der Waals surface area contributed by atoms with Crippen LogP contribution in [0.2, 0.25) is 0 Å². The van der Waals surface area contributed by atoms with Gasteiger partial charge in [-0.25, -0.2) is 4.98 Å². The van der Waals surface area contributed by atoms with Gasteiger partial charge in [-0.15, -0.1) is 0 Å². The fourth-order valence-corrected chi connectivity index (χ4v) is 5.00. The molecule has 32 heavy (non-hydrogen) atoms. The van der Waals surface area contributed by atoms with Gasteiger partial charge >= 0.3 is 0 Å². The summed E-state index contributed by atoms with van der Waals surface area (Å²) in [6.07, 6.45) is 0.144. The Kier molecular flexibility index (Phi) is 5.33. The summed E-state index contributed by atoms with van der Waals surface area (Å²) in [5.41, 5.74) is 2.26. The summed E-state index contributed by atoms with van der Waals surface area (Å²) in [7, 11) is 1.58. The molecule has 3 aromatic carbocycles. The van der Waals surface area contributed by atoms with Gasteiger partial charge < -0.3 is 9.64 Å². The predicted molar refractivity (Wildman–Crippen MR) is 127 cm³/mol. The topological polar surface area (TPSA) is 62.7 Å². The monoisotopic (exact) mass is 443 g/mol. The molecule has 0 N–H and O–H groups in total. The number of methoxy groups -OCH3 is 1. The SMILES string of the molecule is COc1ccccc1N1C[C@H](C(=O)N(c2ccccc2)c2nc3ccccc3s2)CC1=O. The lowest BCUT2D eigenvalue weighted by Gasteiger charge is -2.24. The standard InChI is InChI=1S/C25H21N3O3S/c1-31-21-13-7-6-12-20(21)27-16-17(15-23(27)29)24(30)28(18-9-3-2-4-10-18)25-26-19-11-5-8-14-22(19)32-25/h2-14,17H,15-16H2,1H3/t17-/m1/s1. The molecule has 160 valence electrons. The lowest BCUT2D eigenvalue weighted by atomic mass is 10.1. The summed E-state index contributed by atoms with van der Waals surface area (Å²) in [6.45, 7) is 0.298. The minimum absolute atomic E-state index is 0.0924. The molecule has 0 bridgehead atoms. The summed E-state index contributed by atoms with van der Waals surface area (Å²) < 4.78 is 6.43. The van der Waals surface area contributed by atoms with E-state index >= 15 is 0 Å². The number of fused-ring (bicyclic) bond motifs is 1. The molecule has 1 atom stereocenters. The third-order valence-corrected chi connectivity index (χ3v) is 6.58. The number of aromatic nitrogens is 1. The first-order chi connectivity index (χ1) is 15.7. The van der Waals surface area contributed by atoms with Crippen LogP contribution in [0.5, 0.6) is 5.75 Å². The zero-order chi connectivity index (χ0) is 22.1. The van der Waals surface area contributed by atoms with Crippen molar-refractivity contribution in [2.24, 2.45) is 5.92 Å². The first kappa shape index (κ1) is 20.2. The maximum Gasteiger partial charge on any atom is 0.238 e. The van der Waals surface area contributed by atoms with Gasteiger partial charge in [-0.05, 0) is 36.4 Å². The predicted octanol–water partition coefficient (Wildman–Crippen LogP) is 5.02. The molecule has 1 saturated heterocycles. The maximum atomic E-state index is 13.8. The third-order valence-electron chi connectivity index (χ3n) is 5.56. The Labute approximate surface area is 189 Å². The van der Waals surface area contributed by atoms with E-state index in [9.17, 15) is 9.59 Å². The van der Waals surface area contributed by atoms with Crippen LogP contribution in [0.3, 0.4) is 0 Å². The Morgan fingerprint density at radius 3 is 2.53 bits per heavy atom. The fourth-order valence-electron chi connectivity index (χ4n) is 4.01. The van der Waals surface area contributed by atoms with Crippen molar-refractivity contribution in [2.75, 3.05) is 23.5 Å². The van der Waals surface area contributed by atoms with Crippen molar-refractivity contribution in [3.05, 3.63) is 78.9 Å². The number of ether oxygens (including phenoxy) is 1. The van der Waals surface area contributed by atoms with Crippen molar-refractivity contribution < 1.29 is 14.3 Å². The van der Waals surface area contributed by atoms with Crippen LogP contribution in [0.4, 0.5) is 16.5 Å². The van der Waals surface area contributed by atoms with Crippen LogP contribution in [0.25, 0.3) is 10.2 Å². The number of para-hydroxylation sites is 4. The molecule has 4 aromatic rings. The van der Waals surface area contributed by atoms with Gasteiger partial charge in [-0.1, -0.05) is 53.8 Å². The normalized spacial score (nSPS) is 15.8. The lowest BCUT2D eigenvalue weighted by Crippen LogP contribution is -2.34. The van der Waals surface area contributed by atoms with Crippen molar-refractivity contribution in [2.45, 2.75) is 6.42 Å². The molecule has 0 spiro atoms. The van der Waals surface area contributed by atoms with Gasteiger partial charge in [0.05, 0.1) is 34.6 Å². The molecule has 1 fully saturated rings. The van der Waals surface area contributed by atoms with Gasteiger partial charge in [0.1, 0.15) is 5.75 Å². The van der Waals surface area contributed by atoms with Crippen LogP contribution in [0.1, 0.15) is 6.42 Å². The molecule has 0 saturated carbocycles. The molecule has 1 aliphatic rings. The van der Waals surface area contributed by atoms with Crippen LogP contribution >= 0.6 is 11.3 Å². The highest BCUT2D eigenvalue weighted by atomic mass is 32.1. The smallest absolute Gasteiger partial charge is 0.238 e. The van der Waals surface area contributed by atoms with Crippen molar-refractivity contribution >= 4 is 49.9 Å². The molecule has 2 amide bonds. The van der Waals surface area contributed by atoms with E-state index in [1.54, 1.807) is 16.9 Å². The Morgan fingerprint density at radius 1 is 1.03 bits per heavy atom. The first-order valence-corrected chi connectivity index (χ1v) is 11.2. The lowest BCUT2D eigenvalue weighted by molar-refractivity contribution is -0.123. The molecule has 0 aliphatic carbocycles. The largest absolute Gasteiger partial charge is 0.495 e. The molecule has 6 nitrogen and oxygen atoms in total. The number of carbonyl (C=O) groups excluding carboxylic acids is 2. The number of rotatable bonds is 5. The van der Waals surface area contributed by atoms with Gasteiger partial charge in [0, 0.05) is 13.0 Å². The van der Waals surface area contributed by atoms with Crippen molar-refractivity contribution in [1.29, 1.82) is 0 Å². The highest BCUT2D eigenvalue weighted by Crippen LogP contribution is 2.38. The summed E-state index contributed by atoms with van der Waals surface area (Å²) in [4.78, 5) is 34.7. The number of carbonyl (C=O) groups is 2. The van der Waals surface area contributed by atoms with E-state index in [2.05, 4.69) is 0 Å². The van der Waals surface area contributed by atoms with Gasteiger partial charge in [0.25, 0.3) is 0 Å². The molecule has 7 heteroatoms. The number of thiazole rings is 1. The first-order valence-electron chi connectivity index (χ1n) is 10.3. The number of hydrogen-bond acceptors (Lipinski definition) is 5. The van der Waals surface area contributed by atoms with Crippen LogP contribution in [-0.4, -0.2) is 30.5 Å². The van der Waals surface area contributed by atoms with E-state index in [4.69, 9.17) is 9.72 Å². The van der Waals surface area contributed by atoms with E-state index < -0.39 is 5.92 Å². The average molecular weight is 444 g/mol. The van der Waals surface area contributed by atoms with Gasteiger partial charge in [0.2, 0.25) is 11.8 Å². The number of amides is 2. The zero-order valence-corrected chi connectivity index (χ0v) is 18.3. The Balaban J connectivity index is 1.50. The summed E-state index contributed by atoms with van der Waals surface area (Å²) in [5.74, 6) is -0.106. The summed E-state index contributed by atoms with van der Waals surface area (Å²) in [6, 6.07) is 24.7. The molecule has 5 rings (SSSR count). The highest BCUT2D eigenvalue weighted by Gasteiger charge is 2.39. The second kappa shape index (κ2) is 8.43. The summed E-state index contributed by atoms with van der Waals surface area (Å²) in [5, 5.41) is 0.602. The Hall–Kier alpha value is -3.71. The van der Waals surface area contributed by atoms with E-state index in [0.29, 0.717) is 23.1 Å². The Bertz CT molecular complexity index is 1250. The molecule has 1 aliphatic heterocycles. The molecule has 1 aromatic heterocycles. The zero-order valence-electron chi connectivity index (χ0n) is 17.5. The fraction of sp³-hybridized carbons (Fsp3) is 0.160. The minimum Gasteiger partial charge on any atom is -0.495 e. The highest BCUT2D eigenvalue weighted by molar-refractivity contribution is 7.22. The third kappa shape index (κ3) is 3.61. The van der Waals surface area contributed by atoms with Gasteiger partial charge in [0.15, 0.2) is 5.13 Å². The second-order valence-corrected chi connectivity index (χ2v) is 8.56. The van der Waals surface area contributed by atoms with E-state index in [-0.39, 0.29) is 18.2 Å². The van der Waals surface area contributed by atoms with Crippen molar-refractivity contribution in [1.82, 2.24) is 4.98 Å². The van der Waals surface area contributed by atoms with Crippen molar-refractivity contribution in [3.8, 4) is 5.75 Å². The average Bonchev–Trinajstić information content (AvgIpc) is 3.43. The number of hydrogen-bond donors (Lipinski definition) is 0. The molecule has 0 radical (unpaired) electrons. The number of nitrogens with zero attached hydrogens (tertiary/aromatic N) is 3. The van der Waals surface area contributed by atoms with Gasteiger partial charge in [-0.2, -0.15) is 0 Å². The van der Waals surface area contributed by atoms with Gasteiger partial charge in [-0.3, -0.25) is 14.5 Å². The van der Waals surface area contributed by atoms with E-state index in [1.165, 1.54) is 11.3 Å². The molecule has 2 heterocycles. The van der Waals surface area contributed by atoms with Crippen LogP contribution in [-0.2, 0) is 9.59 Å². The Morgan fingerprint density at radius 2 is 1.75 bits per heavy atom. The van der Waals surface area contributed by atoms with E-state index in [0.717, 1.165) is 15.9 Å². The van der Waals surface area contributed by atoms with Crippen LogP contribution < -0.4 is 14.5 Å². The van der Waals surface area contributed by atoms with Crippen molar-refractivity contribution in [3.63, 3.8) is 0 Å². The summed E-state index contributed by atoms with van der Waals surface area (Å²) >= 11 is 1.47. The van der Waals surface area contributed by atoms with E-state index in [1.807, 2.05) is 78.9 Å².